The molecule has 0 bridgehead atoms. The summed E-state index contributed by atoms with van der Waals surface area (Å²) in [6, 6.07) is 8.63. The smallest absolute Gasteiger partial charge is 0.341 e. The Labute approximate surface area is 156 Å². The molecule has 142 valence electrons. The van der Waals surface area contributed by atoms with Crippen molar-refractivity contribution in [2.24, 2.45) is 0 Å². The highest BCUT2D eigenvalue weighted by atomic mass is 16.5. The van der Waals surface area contributed by atoms with Crippen molar-refractivity contribution >= 4 is 23.5 Å². The number of carbonyl (C=O) groups excluding carboxylic acids is 3. The first-order valence-electron chi connectivity index (χ1n) is 8.41. The summed E-state index contributed by atoms with van der Waals surface area (Å²) < 4.78 is 10.6. The minimum absolute atomic E-state index is 0.0170. The van der Waals surface area contributed by atoms with Crippen molar-refractivity contribution < 1.29 is 23.5 Å². The predicted molar refractivity (Wildman–Crippen MR) is 97.5 cm³/mol. The molecular weight excluding hydrogens is 350 g/mol. The Hall–Kier alpha value is -3.29. The van der Waals surface area contributed by atoms with Crippen molar-refractivity contribution in [2.45, 2.75) is 13.1 Å². The van der Waals surface area contributed by atoms with Gasteiger partial charge in [0.1, 0.15) is 17.1 Å². The Kier molecular flexibility index (Phi) is 4.89. The molecule has 0 fully saturated rings. The van der Waals surface area contributed by atoms with Gasteiger partial charge in [-0.25, -0.2) is 4.79 Å². The van der Waals surface area contributed by atoms with Gasteiger partial charge in [0.2, 0.25) is 5.91 Å². The molecule has 1 atom stereocenters. The second-order valence-electron chi connectivity index (χ2n) is 6.22. The van der Waals surface area contributed by atoms with Gasteiger partial charge in [0.15, 0.2) is 6.17 Å². The molecule has 0 unspecified atom stereocenters. The van der Waals surface area contributed by atoms with E-state index in [1.165, 1.54) is 12.0 Å². The molecule has 1 aromatic carbocycles. The van der Waals surface area contributed by atoms with Crippen molar-refractivity contribution in [1.29, 1.82) is 0 Å². The molecule has 0 radical (unpaired) electrons. The molecule has 1 aromatic heterocycles. The number of aryl methyl sites for hydroxylation is 1. The number of anilines is 1. The average molecular weight is 371 g/mol. The fourth-order valence-electron chi connectivity index (χ4n) is 3.24. The Morgan fingerprint density at radius 3 is 2.67 bits per heavy atom. The molecule has 0 spiro atoms. The van der Waals surface area contributed by atoms with Gasteiger partial charge < -0.3 is 24.3 Å². The lowest BCUT2D eigenvalue weighted by Crippen LogP contribution is -2.50. The number of likely N-dealkylation sites (N-methyl/N-ethyl adjacent to an activating group) is 1. The number of furan rings is 1. The van der Waals surface area contributed by atoms with Crippen molar-refractivity contribution in [3.63, 3.8) is 0 Å². The Morgan fingerprint density at radius 2 is 2.00 bits per heavy atom. The van der Waals surface area contributed by atoms with Crippen LogP contribution in [0.2, 0.25) is 0 Å². The molecule has 1 aliphatic rings. The van der Waals surface area contributed by atoms with Gasteiger partial charge in [-0.05, 0) is 25.1 Å². The summed E-state index contributed by atoms with van der Waals surface area (Å²) in [6.07, 6.45) is -0.679. The first-order chi connectivity index (χ1) is 12.9. The number of hydrogen-bond acceptors (Lipinski definition) is 6. The second kappa shape index (κ2) is 7.14. The molecular formula is C19H21N3O5. The van der Waals surface area contributed by atoms with Crippen LogP contribution in [0.25, 0.3) is 0 Å². The summed E-state index contributed by atoms with van der Waals surface area (Å²) in [7, 11) is 4.47. The number of benzene rings is 1. The number of methoxy groups -OCH3 is 1. The second-order valence-corrected chi connectivity index (χ2v) is 6.22. The molecule has 27 heavy (non-hydrogen) atoms. The molecule has 2 aromatic rings. The molecule has 0 aliphatic carbocycles. The quantitative estimate of drug-likeness (QED) is 0.823. The number of amides is 2. The zero-order chi connectivity index (χ0) is 19.7. The summed E-state index contributed by atoms with van der Waals surface area (Å²) in [5, 5.41) is 2.60. The van der Waals surface area contributed by atoms with E-state index in [1.54, 1.807) is 56.3 Å². The zero-order valence-corrected chi connectivity index (χ0v) is 15.6. The van der Waals surface area contributed by atoms with Crippen LogP contribution in [0.1, 0.15) is 38.4 Å². The first kappa shape index (κ1) is 18.5. The third-order valence-corrected chi connectivity index (χ3v) is 4.62. The topological polar surface area (TPSA) is 92.1 Å². The lowest BCUT2D eigenvalue weighted by atomic mass is 10.0. The lowest BCUT2D eigenvalue weighted by molar-refractivity contribution is -0.119. The van der Waals surface area contributed by atoms with Crippen LogP contribution in [0.3, 0.4) is 0 Å². The van der Waals surface area contributed by atoms with E-state index in [0.717, 1.165) is 0 Å². The van der Waals surface area contributed by atoms with E-state index in [2.05, 4.69) is 5.32 Å². The SMILES string of the molecule is CNC(=O)CN1c2ccccc2C(=O)N(C)[C@H]1c1cc(C(=O)OC)c(C)o1. The van der Waals surface area contributed by atoms with Crippen molar-refractivity contribution in [2.75, 3.05) is 32.6 Å². The number of fused-ring (bicyclic) bond motifs is 1. The molecule has 2 heterocycles. The normalized spacial score (nSPS) is 16.1. The van der Waals surface area contributed by atoms with Gasteiger partial charge in [-0.2, -0.15) is 0 Å². The van der Waals surface area contributed by atoms with Crippen LogP contribution < -0.4 is 10.2 Å². The molecule has 0 saturated carbocycles. The summed E-state index contributed by atoms with van der Waals surface area (Å²) >= 11 is 0. The molecule has 1 aliphatic heterocycles. The molecule has 1 N–H and O–H groups in total. The number of rotatable bonds is 4. The van der Waals surface area contributed by atoms with E-state index in [4.69, 9.17) is 9.15 Å². The number of ether oxygens (including phenoxy) is 1. The van der Waals surface area contributed by atoms with E-state index in [9.17, 15) is 14.4 Å². The molecule has 0 saturated heterocycles. The average Bonchev–Trinajstić information content (AvgIpc) is 3.06. The van der Waals surface area contributed by atoms with Crippen molar-refractivity contribution in [3.05, 3.63) is 53.0 Å². The summed E-state index contributed by atoms with van der Waals surface area (Å²) in [5.41, 5.74) is 1.41. The van der Waals surface area contributed by atoms with Crippen LogP contribution in [0.15, 0.2) is 34.7 Å². The van der Waals surface area contributed by atoms with Crippen molar-refractivity contribution in [3.8, 4) is 0 Å². The molecule has 8 heteroatoms. The molecule has 2 amide bonds. The zero-order valence-electron chi connectivity index (χ0n) is 15.6. The van der Waals surface area contributed by atoms with Gasteiger partial charge in [0.05, 0.1) is 24.9 Å². The minimum Gasteiger partial charge on any atom is -0.465 e. The van der Waals surface area contributed by atoms with Crippen molar-refractivity contribution in [1.82, 2.24) is 10.2 Å². The van der Waals surface area contributed by atoms with Gasteiger partial charge in [0.25, 0.3) is 5.91 Å². The Bertz CT molecular complexity index is 905. The monoisotopic (exact) mass is 371 g/mol. The minimum atomic E-state index is -0.679. The van der Waals surface area contributed by atoms with E-state index in [1.807, 2.05) is 0 Å². The van der Waals surface area contributed by atoms with E-state index in [-0.39, 0.29) is 23.9 Å². The highest BCUT2D eigenvalue weighted by Crippen LogP contribution is 2.38. The van der Waals surface area contributed by atoms with Crippen LogP contribution in [-0.2, 0) is 9.53 Å². The fraction of sp³-hybridized carbons (Fsp3) is 0.316. The van der Waals surface area contributed by atoms with Crippen LogP contribution in [0.5, 0.6) is 0 Å². The third kappa shape index (κ3) is 3.14. The van der Waals surface area contributed by atoms with Gasteiger partial charge in [0, 0.05) is 14.1 Å². The standard InChI is InChI=1S/C19H21N3O5/c1-11-13(19(25)26-4)9-15(27-11)17-21(3)18(24)12-7-5-6-8-14(12)22(17)10-16(23)20-2/h5-9,17H,10H2,1-4H3,(H,20,23)/t17-/m1/s1. The number of para-hydroxylation sites is 1. The van der Waals surface area contributed by atoms with Crippen LogP contribution in [-0.4, -0.2) is 50.4 Å². The number of nitrogens with one attached hydrogen (secondary N) is 1. The number of esters is 1. The molecule has 8 nitrogen and oxygen atoms in total. The Balaban J connectivity index is 2.13. The van der Waals surface area contributed by atoms with Crippen LogP contribution in [0.4, 0.5) is 5.69 Å². The molecule has 3 rings (SSSR count). The van der Waals surface area contributed by atoms with Gasteiger partial charge in [-0.3, -0.25) is 9.59 Å². The number of nitrogens with zero attached hydrogens (tertiary/aromatic N) is 2. The van der Waals surface area contributed by atoms with E-state index < -0.39 is 12.1 Å². The first-order valence-corrected chi connectivity index (χ1v) is 8.41. The summed E-state index contributed by atoms with van der Waals surface area (Å²) in [4.78, 5) is 40.2. The largest absolute Gasteiger partial charge is 0.465 e. The lowest BCUT2D eigenvalue weighted by Gasteiger charge is -2.42. The summed E-state index contributed by atoms with van der Waals surface area (Å²) in [6.45, 7) is 1.67. The number of carbonyl (C=O) groups is 3. The van der Waals surface area contributed by atoms with Gasteiger partial charge in [-0.1, -0.05) is 12.1 Å². The van der Waals surface area contributed by atoms with Crippen LogP contribution >= 0.6 is 0 Å². The van der Waals surface area contributed by atoms with E-state index >= 15 is 0 Å². The fourth-order valence-corrected chi connectivity index (χ4v) is 3.24. The van der Waals surface area contributed by atoms with Gasteiger partial charge >= 0.3 is 5.97 Å². The maximum Gasteiger partial charge on any atom is 0.341 e. The highest BCUT2D eigenvalue weighted by molar-refractivity contribution is 6.02. The van der Waals surface area contributed by atoms with E-state index in [0.29, 0.717) is 22.8 Å². The number of hydrogen-bond donors (Lipinski definition) is 1. The highest BCUT2D eigenvalue weighted by Gasteiger charge is 2.39. The van der Waals surface area contributed by atoms with Gasteiger partial charge in [-0.15, -0.1) is 0 Å². The van der Waals surface area contributed by atoms with Crippen LogP contribution in [0, 0.1) is 6.92 Å². The third-order valence-electron chi connectivity index (χ3n) is 4.62. The Morgan fingerprint density at radius 1 is 1.30 bits per heavy atom. The maximum absolute atomic E-state index is 12.8. The maximum atomic E-state index is 12.8. The summed E-state index contributed by atoms with van der Waals surface area (Å²) in [5.74, 6) is -0.171. The predicted octanol–water partition coefficient (Wildman–Crippen LogP) is 1.71.